The Bertz CT molecular complexity index is 3290. The Morgan fingerprint density at radius 1 is 0.433 bits per heavy atom. The van der Waals surface area contributed by atoms with Crippen LogP contribution in [-0.4, -0.2) is 4.57 Å². The van der Waals surface area contributed by atoms with E-state index in [1.54, 1.807) is 0 Å². The van der Waals surface area contributed by atoms with Crippen LogP contribution in [0.25, 0.3) is 72.0 Å². The predicted molar refractivity (Wildman–Crippen MR) is 252 cm³/mol. The first-order chi connectivity index (χ1) is 29.5. The Labute approximate surface area is 351 Å². The van der Waals surface area contributed by atoms with Crippen LogP contribution in [0.2, 0.25) is 0 Å². The zero-order valence-electron chi connectivity index (χ0n) is 33.7. The molecule has 9 aromatic carbocycles. The van der Waals surface area contributed by atoms with Crippen molar-refractivity contribution in [3.8, 4) is 50.2 Å². The number of hydrogen-bond acceptors (Lipinski definition) is 1. The molecule has 0 spiro atoms. The monoisotopic (exact) mass is 766 g/mol. The lowest BCUT2D eigenvalue weighted by Gasteiger charge is -2.29. The number of rotatable bonds is 6. The Morgan fingerprint density at radius 3 is 1.85 bits per heavy atom. The summed E-state index contributed by atoms with van der Waals surface area (Å²) in [5.74, 6) is 0. The summed E-state index contributed by atoms with van der Waals surface area (Å²) in [6.45, 7) is 4.72. The molecule has 0 radical (unpaired) electrons. The van der Waals surface area contributed by atoms with E-state index in [4.69, 9.17) is 0 Å². The molecular formula is C58H42N2. The van der Waals surface area contributed by atoms with Gasteiger partial charge in [-0.05, 0) is 128 Å². The summed E-state index contributed by atoms with van der Waals surface area (Å²) in [7, 11) is 0. The van der Waals surface area contributed by atoms with Crippen molar-refractivity contribution in [2.75, 3.05) is 4.90 Å². The Kier molecular flexibility index (Phi) is 7.68. The highest BCUT2D eigenvalue weighted by Gasteiger charge is 2.37. The normalized spacial score (nSPS) is 13.2. The van der Waals surface area contributed by atoms with Gasteiger partial charge in [0.05, 0.1) is 16.7 Å². The van der Waals surface area contributed by atoms with Crippen molar-refractivity contribution in [2.24, 2.45) is 0 Å². The lowest BCUT2D eigenvalue weighted by atomic mass is 9.82. The highest BCUT2D eigenvalue weighted by atomic mass is 15.1. The van der Waals surface area contributed by atoms with Crippen molar-refractivity contribution in [3.63, 3.8) is 0 Å². The maximum Gasteiger partial charge on any atom is 0.0547 e. The SMILES string of the molecule is CC1(C)c2ccccc2-c2c(N(c3ccc(-c4ccc5c(c4)-c4ccccc4C5)cc3)c3ccc(-c4cccc5c4c4ccccc4n5-c4ccccc4)cc3)cccc21. The standard InChI is InChI=1S/C58H42N2/c1-58(2)51-21-10-8-18-48(51)57-52(58)22-13-25-55(57)59(44-32-28-38(29-33-44)40-26-27-42-36-41-14-6-7-17-46(41)50(42)37-40)45-34-30-39(31-35-45)47-20-12-24-54-56(47)49-19-9-11-23-53(49)60(54)43-15-4-3-5-16-43/h3-35,37H,36H2,1-2H3. The predicted octanol–water partition coefficient (Wildman–Crippen LogP) is 15.5. The fourth-order valence-corrected chi connectivity index (χ4v) is 10.4. The van der Waals surface area contributed by atoms with Crippen LogP contribution >= 0.6 is 0 Å². The molecule has 2 aliphatic rings. The summed E-state index contributed by atoms with van der Waals surface area (Å²) in [6.07, 6.45) is 1.01. The molecule has 1 aromatic heterocycles. The van der Waals surface area contributed by atoms with E-state index >= 15 is 0 Å². The molecule has 12 rings (SSSR count). The van der Waals surface area contributed by atoms with Gasteiger partial charge in [-0.25, -0.2) is 0 Å². The summed E-state index contributed by atoms with van der Waals surface area (Å²) in [5, 5.41) is 2.53. The molecule has 10 aromatic rings. The van der Waals surface area contributed by atoms with Crippen LogP contribution in [0.4, 0.5) is 17.1 Å². The van der Waals surface area contributed by atoms with Crippen molar-refractivity contribution < 1.29 is 0 Å². The van der Waals surface area contributed by atoms with Gasteiger partial charge >= 0.3 is 0 Å². The molecular weight excluding hydrogens is 725 g/mol. The van der Waals surface area contributed by atoms with Crippen LogP contribution in [0.1, 0.15) is 36.1 Å². The molecule has 0 saturated heterocycles. The molecule has 0 bridgehead atoms. The van der Waals surface area contributed by atoms with Crippen LogP contribution in [0, 0.1) is 0 Å². The van der Waals surface area contributed by atoms with E-state index in [2.05, 4.69) is 230 Å². The number of hydrogen-bond donors (Lipinski definition) is 0. The third kappa shape index (κ3) is 5.20. The molecule has 0 unspecified atom stereocenters. The maximum atomic E-state index is 2.46. The maximum absolute atomic E-state index is 2.46. The van der Waals surface area contributed by atoms with Gasteiger partial charge in [0, 0.05) is 38.8 Å². The Balaban J connectivity index is 0.997. The number of nitrogens with zero attached hydrogens (tertiary/aromatic N) is 2. The summed E-state index contributed by atoms with van der Waals surface area (Å²) in [4.78, 5) is 2.46. The zero-order chi connectivity index (χ0) is 40.0. The van der Waals surface area contributed by atoms with Gasteiger partial charge in [0.25, 0.3) is 0 Å². The molecule has 0 aliphatic heterocycles. The van der Waals surface area contributed by atoms with Gasteiger partial charge in [-0.2, -0.15) is 0 Å². The third-order valence-electron chi connectivity index (χ3n) is 13.2. The Morgan fingerprint density at radius 2 is 1.03 bits per heavy atom. The smallest absolute Gasteiger partial charge is 0.0547 e. The highest BCUT2D eigenvalue weighted by Crippen LogP contribution is 2.54. The number of benzene rings is 9. The van der Waals surface area contributed by atoms with E-state index in [0.29, 0.717) is 0 Å². The first-order valence-electron chi connectivity index (χ1n) is 21.1. The van der Waals surface area contributed by atoms with Crippen LogP contribution in [0.5, 0.6) is 0 Å². The largest absolute Gasteiger partial charge is 0.310 e. The molecule has 2 nitrogen and oxygen atoms in total. The van der Waals surface area contributed by atoms with Crippen molar-refractivity contribution in [3.05, 3.63) is 229 Å². The van der Waals surface area contributed by atoms with E-state index in [1.807, 2.05) is 0 Å². The lowest BCUT2D eigenvalue weighted by molar-refractivity contribution is 0.660. The average Bonchev–Trinajstić information content (AvgIpc) is 3.93. The Hall–Kier alpha value is -7.42. The number of para-hydroxylation sites is 2. The molecule has 2 aliphatic carbocycles. The van der Waals surface area contributed by atoms with E-state index in [9.17, 15) is 0 Å². The second-order valence-corrected chi connectivity index (χ2v) is 16.9. The first kappa shape index (κ1) is 34.6. The van der Waals surface area contributed by atoms with Crippen LogP contribution in [0.3, 0.4) is 0 Å². The third-order valence-corrected chi connectivity index (χ3v) is 13.2. The van der Waals surface area contributed by atoms with Gasteiger partial charge in [0.1, 0.15) is 0 Å². The fourth-order valence-electron chi connectivity index (χ4n) is 10.4. The van der Waals surface area contributed by atoms with Crippen molar-refractivity contribution >= 4 is 38.9 Å². The molecule has 0 saturated carbocycles. The lowest BCUT2D eigenvalue weighted by Crippen LogP contribution is -2.16. The van der Waals surface area contributed by atoms with E-state index < -0.39 is 0 Å². The number of aromatic nitrogens is 1. The van der Waals surface area contributed by atoms with Gasteiger partial charge in [0.15, 0.2) is 0 Å². The quantitative estimate of drug-likeness (QED) is 0.164. The minimum atomic E-state index is -0.106. The van der Waals surface area contributed by atoms with Crippen LogP contribution < -0.4 is 4.90 Å². The second kappa shape index (κ2) is 13.3. The zero-order valence-corrected chi connectivity index (χ0v) is 33.7. The van der Waals surface area contributed by atoms with Gasteiger partial charge in [-0.15, -0.1) is 0 Å². The van der Waals surface area contributed by atoms with E-state index in [-0.39, 0.29) is 5.41 Å². The molecule has 284 valence electrons. The second-order valence-electron chi connectivity index (χ2n) is 16.9. The minimum Gasteiger partial charge on any atom is -0.310 e. The fraction of sp³-hybridized carbons (Fsp3) is 0.0690. The van der Waals surface area contributed by atoms with Crippen LogP contribution in [0.15, 0.2) is 206 Å². The summed E-state index contributed by atoms with van der Waals surface area (Å²) < 4.78 is 2.39. The van der Waals surface area contributed by atoms with Crippen molar-refractivity contribution in [1.82, 2.24) is 4.57 Å². The molecule has 60 heavy (non-hydrogen) atoms. The summed E-state index contributed by atoms with van der Waals surface area (Å²) in [6, 6.07) is 76.3. The van der Waals surface area contributed by atoms with Gasteiger partial charge in [-0.3, -0.25) is 0 Å². The molecule has 0 amide bonds. The van der Waals surface area contributed by atoms with E-state index in [0.717, 1.165) is 17.8 Å². The number of anilines is 3. The summed E-state index contributed by atoms with van der Waals surface area (Å²) >= 11 is 0. The first-order valence-corrected chi connectivity index (χ1v) is 21.1. The van der Waals surface area contributed by atoms with Crippen molar-refractivity contribution in [1.29, 1.82) is 0 Å². The minimum absolute atomic E-state index is 0.106. The topological polar surface area (TPSA) is 8.17 Å². The molecule has 0 atom stereocenters. The molecule has 0 fully saturated rings. The summed E-state index contributed by atoms with van der Waals surface area (Å²) in [5.41, 5.74) is 22.7. The van der Waals surface area contributed by atoms with Crippen molar-refractivity contribution in [2.45, 2.75) is 25.7 Å². The molecule has 0 N–H and O–H groups in total. The van der Waals surface area contributed by atoms with Gasteiger partial charge in [-0.1, -0.05) is 159 Å². The highest BCUT2D eigenvalue weighted by molar-refractivity contribution is 6.15. The van der Waals surface area contributed by atoms with E-state index in [1.165, 1.54) is 99.9 Å². The van der Waals surface area contributed by atoms with Gasteiger partial charge in [0.2, 0.25) is 0 Å². The van der Waals surface area contributed by atoms with Crippen LogP contribution in [-0.2, 0) is 11.8 Å². The average molecular weight is 767 g/mol. The van der Waals surface area contributed by atoms with Gasteiger partial charge < -0.3 is 9.47 Å². The number of fused-ring (bicyclic) bond motifs is 9. The molecule has 2 heteroatoms. The molecule has 1 heterocycles.